The van der Waals surface area contributed by atoms with E-state index in [0.717, 1.165) is 19.4 Å². The summed E-state index contributed by atoms with van der Waals surface area (Å²) < 4.78 is 0. The lowest BCUT2D eigenvalue weighted by Crippen LogP contribution is -2.21. The summed E-state index contributed by atoms with van der Waals surface area (Å²) in [7, 11) is 0. The SMILES string of the molecule is N#CN1CCCC1N=[N+]=[N-]. The first kappa shape index (κ1) is 6.72. The molecule has 0 aromatic carbocycles. The summed E-state index contributed by atoms with van der Waals surface area (Å²) in [6.45, 7) is 0.722. The maximum atomic E-state index is 8.46. The molecule has 5 heteroatoms. The van der Waals surface area contributed by atoms with Gasteiger partial charge in [-0.15, -0.1) is 0 Å². The van der Waals surface area contributed by atoms with E-state index in [2.05, 4.69) is 10.0 Å². The number of likely N-dealkylation sites (tertiary alicyclic amines) is 1. The van der Waals surface area contributed by atoms with Gasteiger partial charge in [-0.05, 0) is 18.4 Å². The van der Waals surface area contributed by atoms with Crippen molar-refractivity contribution in [3.63, 3.8) is 0 Å². The zero-order valence-electron chi connectivity index (χ0n) is 5.43. The third-order valence-electron chi connectivity index (χ3n) is 1.53. The van der Waals surface area contributed by atoms with Gasteiger partial charge < -0.3 is 4.90 Å². The zero-order chi connectivity index (χ0) is 7.40. The third-order valence-corrected chi connectivity index (χ3v) is 1.53. The van der Waals surface area contributed by atoms with Crippen molar-refractivity contribution in [3.05, 3.63) is 10.4 Å². The Kier molecular flexibility index (Phi) is 1.98. The largest absolute Gasteiger partial charge is 0.302 e. The van der Waals surface area contributed by atoms with Crippen LogP contribution in [0.1, 0.15) is 12.8 Å². The van der Waals surface area contributed by atoms with Gasteiger partial charge in [-0.3, -0.25) is 0 Å². The predicted molar refractivity (Wildman–Crippen MR) is 34.5 cm³/mol. The van der Waals surface area contributed by atoms with E-state index in [-0.39, 0.29) is 6.17 Å². The van der Waals surface area contributed by atoms with Crippen LogP contribution in [0.5, 0.6) is 0 Å². The lowest BCUT2D eigenvalue weighted by atomic mass is 10.3. The lowest BCUT2D eigenvalue weighted by Gasteiger charge is -2.10. The van der Waals surface area contributed by atoms with Crippen LogP contribution in [-0.2, 0) is 0 Å². The number of hydrogen-bond acceptors (Lipinski definition) is 3. The molecule has 10 heavy (non-hydrogen) atoms. The minimum absolute atomic E-state index is 0.227. The Morgan fingerprint density at radius 1 is 1.80 bits per heavy atom. The molecule has 0 saturated carbocycles. The van der Waals surface area contributed by atoms with Gasteiger partial charge in [-0.1, -0.05) is 5.11 Å². The second-order valence-corrected chi connectivity index (χ2v) is 2.12. The molecule has 1 aliphatic rings. The normalized spacial score (nSPS) is 23.5. The molecule has 1 fully saturated rings. The Morgan fingerprint density at radius 2 is 2.60 bits per heavy atom. The summed E-state index contributed by atoms with van der Waals surface area (Å²) in [5, 5.41) is 11.9. The van der Waals surface area contributed by atoms with Crippen LogP contribution in [0.3, 0.4) is 0 Å². The van der Waals surface area contributed by atoms with Gasteiger partial charge in [-0.25, -0.2) is 0 Å². The second kappa shape index (κ2) is 2.95. The predicted octanol–water partition coefficient (Wildman–Crippen LogP) is 1.20. The quantitative estimate of drug-likeness (QED) is 0.235. The maximum absolute atomic E-state index is 8.46. The van der Waals surface area contributed by atoms with E-state index in [4.69, 9.17) is 10.8 Å². The molecule has 0 aromatic rings. The number of rotatable bonds is 1. The van der Waals surface area contributed by atoms with E-state index in [1.165, 1.54) is 4.90 Å². The van der Waals surface area contributed by atoms with Crippen LogP contribution in [0.15, 0.2) is 5.11 Å². The monoisotopic (exact) mass is 137 g/mol. The summed E-state index contributed by atoms with van der Waals surface area (Å²) >= 11 is 0. The molecule has 0 radical (unpaired) electrons. The first-order valence-corrected chi connectivity index (χ1v) is 3.09. The van der Waals surface area contributed by atoms with E-state index in [1.54, 1.807) is 0 Å². The molecule has 0 N–H and O–H groups in total. The molecule has 5 nitrogen and oxygen atoms in total. The fraction of sp³-hybridized carbons (Fsp3) is 0.800. The van der Waals surface area contributed by atoms with Crippen LogP contribution in [-0.4, -0.2) is 17.6 Å². The minimum Gasteiger partial charge on any atom is -0.302 e. The molecule has 1 atom stereocenters. The van der Waals surface area contributed by atoms with Gasteiger partial charge in [0.05, 0.1) is 0 Å². The Morgan fingerprint density at radius 3 is 3.20 bits per heavy atom. The highest BCUT2D eigenvalue weighted by Crippen LogP contribution is 2.16. The average Bonchev–Trinajstić information content (AvgIpc) is 2.36. The number of azide groups is 1. The molecule has 1 saturated heterocycles. The molecule has 52 valence electrons. The number of nitriles is 1. The molecule has 1 aliphatic heterocycles. The molecular weight excluding hydrogens is 130 g/mol. The van der Waals surface area contributed by atoms with Crippen LogP contribution in [0.4, 0.5) is 0 Å². The van der Waals surface area contributed by atoms with Crippen LogP contribution in [0.2, 0.25) is 0 Å². The highest BCUT2D eigenvalue weighted by Gasteiger charge is 2.21. The highest BCUT2D eigenvalue weighted by atomic mass is 15.3. The van der Waals surface area contributed by atoms with Crippen molar-refractivity contribution in [1.29, 1.82) is 5.26 Å². The van der Waals surface area contributed by atoms with Crippen molar-refractivity contribution >= 4 is 0 Å². The summed E-state index contributed by atoms with van der Waals surface area (Å²) in [6, 6.07) is 0. The molecule has 0 spiro atoms. The lowest BCUT2D eigenvalue weighted by molar-refractivity contribution is 0.373. The highest BCUT2D eigenvalue weighted by molar-refractivity contribution is 4.86. The molecular formula is C5H7N5. The summed E-state index contributed by atoms with van der Waals surface area (Å²) in [5.74, 6) is 0. The fourth-order valence-electron chi connectivity index (χ4n) is 1.05. The average molecular weight is 137 g/mol. The summed E-state index contributed by atoms with van der Waals surface area (Å²) in [4.78, 5) is 4.15. The molecule has 0 bridgehead atoms. The van der Waals surface area contributed by atoms with Crippen LogP contribution in [0.25, 0.3) is 10.4 Å². The van der Waals surface area contributed by atoms with Crippen LogP contribution in [0, 0.1) is 11.5 Å². The van der Waals surface area contributed by atoms with E-state index < -0.39 is 0 Å². The van der Waals surface area contributed by atoms with Gasteiger partial charge in [0, 0.05) is 11.5 Å². The molecule has 0 aliphatic carbocycles. The summed E-state index contributed by atoms with van der Waals surface area (Å²) in [6.07, 6.45) is 3.49. The molecule has 1 unspecified atom stereocenters. The fourth-order valence-corrected chi connectivity index (χ4v) is 1.05. The van der Waals surface area contributed by atoms with Gasteiger partial charge in [0.2, 0.25) is 0 Å². The Balaban J connectivity index is 2.60. The first-order chi connectivity index (χ1) is 4.88. The van der Waals surface area contributed by atoms with E-state index in [1.807, 2.05) is 6.19 Å². The Labute approximate surface area is 58.5 Å². The Bertz CT molecular complexity index is 199. The van der Waals surface area contributed by atoms with Crippen molar-refractivity contribution in [2.75, 3.05) is 6.54 Å². The van der Waals surface area contributed by atoms with Gasteiger partial charge in [-0.2, -0.15) is 5.26 Å². The van der Waals surface area contributed by atoms with Gasteiger partial charge in [0.1, 0.15) is 6.17 Å². The Hall–Kier alpha value is -1.40. The summed E-state index contributed by atoms with van der Waals surface area (Å²) in [5.41, 5.74) is 8.06. The molecule has 0 aromatic heterocycles. The number of nitrogens with zero attached hydrogens (tertiary/aromatic N) is 5. The van der Waals surface area contributed by atoms with E-state index in [0.29, 0.717) is 0 Å². The molecule has 1 rings (SSSR count). The van der Waals surface area contributed by atoms with Crippen molar-refractivity contribution in [2.24, 2.45) is 5.11 Å². The van der Waals surface area contributed by atoms with Crippen LogP contribution >= 0.6 is 0 Å². The van der Waals surface area contributed by atoms with Gasteiger partial charge in [0.15, 0.2) is 6.19 Å². The molecule has 0 amide bonds. The van der Waals surface area contributed by atoms with Gasteiger partial charge >= 0.3 is 0 Å². The minimum atomic E-state index is -0.227. The maximum Gasteiger partial charge on any atom is 0.179 e. The number of hydrogen-bond donors (Lipinski definition) is 0. The standard InChI is InChI=1S/C5H7N5/c6-4-10-3-1-2-5(10)8-9-7/h5H,1-3H2. The topological polar surface area (TPSA) is 75.8 Å². The van der Waals surface area contributed by atoms with Crippen molar-refractivity contribution < 1.29 is 0 Å². The van der Waals surface area contributed by atoms with E-state index in [9.17, 15) is 0 Å². The van der Waals surface area contributed by atoms with E-state index >= 15 is 0 Å². The zero-order valence-corrected chi connectivity index (χ0v) is 5.43. The molecule has 1 heterocycles. The first-order valence-electron chi connectivity index (χ1n) is 3.09. The van der Waals surface area contributed by atoms with Crippen molar-refractivity contribution in [2.45, 2.75) is 19.0 Å². The van der Waals surface area contributed by atoms with Crippen LogP contribution < -0.4 is 0 Å². The van der Waals surface area contributed by atoms with Crippen molar-refractivity contribution in [3.8, 4) is 6.19 Å². The van der Waals surface area contributed by atoms with Crippen molar-refractivity contribution in [1.82, 2.24) is 4.90 Å². The second-order valence-electron chi connectivity index (χ2n) is 2.12. The third kappa shape index (κ3) is 1.12. The smallest absolute Gasteiger partial charge is 0.179 e. The van der Waals surface area contributed by atoms with Gasteiger partial charge in [0.25, 0.3) is 0 Å².